The van der Waals surface area contributed by atoms with Gasteiger partial charge in [-0.1, -0.05) is 80.1 Å². The fourth-order valence-electron chi connectivity index (χ4n) is 5.71. The number of ether oxygens (including phenoxy) is 3. The summed E-state index contributed by atoms with van der Waals surface area (Å²) in [4.78, 5) is 27.4. The number of hydrogen-bond donors (Lipinski definition) is 1. The Morgan fingerprint density at radius 2 is 1.66 bits per heavy atom. The van der Waals surface area contributed by atoms with E-state index in [9.17, 15) is 9.59 Å². The van der Waals surface area contributed by atoms with Crippen molar-refractivity contribution >= 4 is 11.8 Å². The van der Waals surface area contributed by atoms with Crippen LogP contribution in [0.3, 0.4) is 0 Å². The molecule has 212 valence electrons. The number of carbonyl (C=O) groups is 2. The SMILES string of the molecule is CCCCOC(=O)C1=C(C)NC2=C(C(=O)C[C@H](c3ccccc3)C2)[C@@H]1c1ccc(OCc2ccccc2)c(OC)c1. The normalized spacial score (nSPS) is 18.5. The van der Waals surface area contributed by atoms with Crippen LogP contribution in [0.4, 0.5) is 0 Å². The topological polar surface area (TPSA) is 73.9 Å². The first kappa shape index (κ1) is 28.2. The maximum atomic E-state index is 13.9. The molecule has 6 nitrogen and oxygen atoms in total. The molecule has 0 saturated carbocycles. The van der Waals surface area contributed by atoms with Gasteiger partial charge in [-0.25, -0.2) is 4.79 Å². The van der Waals surface area contributed by atoms with Gasteiger partial charge in [0, 0.05) is 29.3 Å². The number of unbranched alkanes of at least 4 members (excludes halogenated alkanes) is 1. The summed E-state index contributed by atoms with van der Waals surface area (Å²) in [6.45, 7) is 4.67. The fraction of sp³-hybridized carbons (Fsp3) is 0.314. The summed E-state index contributed by atoms with van der Waals surface area (Å²) in [6.07, 6.45) is 2.77. The van der Waals surface area contributed by atoms with Crippen LogP contribution in [0.1, 0.15) is 68.1 Å². The van der Waals surface area contributed by atoms with Crippen molar-refractivity contribution in [2.75, 3.05) is 13.7 Å². The number of hydrogen-bond acceptors (Lipinski definition) is 6. The lowest BCUT2D eigenvalue weighted by atomic mass is 9.71. The molecule has 6 heteroatoms. The van der Waals surface area contributed by atoms with Crippen LogP contribution in [0.2, 0.25) is 0 Å². The van der Waals surface area contributed by atoms with Gasteiger partial charge in [0.2, 0.25) is 0 Å². The van der Waals surface area contributed by atoms with Crippen LogP contribution in [0.15, 0.2) is 101 Å². The molecule has 2 aliphatic rings. The van der Waals surface area contributed by atoms with Crippen molar-refractivity contribution in [1.29, 1.82) is 0 Å². The van der Waals surface area contributed by atoms with Gasteiger partial charge in [0.05, 0.1) is 19.3 Å². The van der Waals surface area contributed by atoms with Gasteiger partial charge in [-0.05, 0) is 54.5 Å². The average molecular weight is 552 g/mol. The van der Waals surface area contributed by atoms with Crippen molar-refractivity contribution in [3.63, 3.8) is 0 Å². The first-order chi connectivity index (χ1) is 20.0. The summed E-state index contributed by atoms with van der Waals surface area (Å²) in [5.41, 5.74) is 5.64. The number of carbonyl (C=O) groups excluding carboxylic acids is 2. The molecule has 1 heterocycles. The molecule has 41 heavy (non-hydrogen) atoms. The summed E-state index contributed by atoms with van der Waals surface area (Å²) in [7, 11) is 1.60. The molecule has 3 aromatic rings. The van der Waals surface area contributed by atoms with E-state index >= 15 is 0 Å². The van der Waals surface area contributed by atoms with Crippen molar-refractivity contribution in [3.8, 4) is 11.5 Å². The minimum atomic E-state index is -0.568. The van der Waals surface area contributed by atoms with Gasteiger partial charge in [-0.2, -0.15) is 0 Å². The number of allylic oxidation sites excluding steroid dienone is 3. The molecule has 1 aliphatic heterocycles. The molecule has 0 bridgehead atoms. The Morgan fingerprint density at radius 1 is 0.927 bits per heavy atom. The average Bonchev–Trinajstić information content (AvgIpc) is 3.00. The molecule has 0 saturated heterocycles. The van der Waals surface area contributed by atoms with Gasteiger partial charge in [0.1, 0.15) is 6.61 Å². The predicted octanol–water partition coefficient (Wildman–Crippen LogP) is 6.98. The fourth-order valence-corrected chi connectivity index (χ4v) is 5.71. The van der Waals surface area contributed by atoms with Crippen LogP contribution in [0, 0.1) is 0 Å². The van der Waals surface area contributed by atoms with Crippen LogP contribution >= 0.6 is 0 Å². The zero-order valence-electron chi connectivity index (χ0n) is 23.9. The highest BCUT2D eigenvalue weighted by molar-refractivity contribution is 6.04. The van der Waals surface area contributed by atoms with Crippen molar-refractivity contribution in [2.24, 2.45) is 0 Å². The summed E-state index contributed by atoms with van der Waals surface area (Å²) < 4.78 is 17.5. The second-order valence-electron chi connectivity index (χ2n) is 10.6. The van der Waals surface area contributed by atoms with Crippen LogP contribution in [-0.2, 0) is 20.9 Å². The van der Waals surface area contributed by atoms with Gasteiger partial charge in [-0.15, -0.1) is 0 Å². The van der Waals surface area contributed by atoms with E-state index < -0.39 is 11.9 Å². The van der Waals surface area contributed by atoms with Crippen LogP contribution in [0.5, 0.6) is 11.5 Å². The number of Topliss-reactive ketones (excluding diaryl/α,β-unsaturated/α-hetero) is 1. The van der Waals surface area contributed by atoms with E-state index in [1.807, 2.05) is 73.7 Å². The number of esters is 1. The molecule has 0 radical (unpaired) electrons. The van der Waals surface area contributed by atoms with E-state index in [0.717, 1.165) is 35.2 Å². The van der Waals surface area contributed by atoms with E-state index in [1.165, 1.54) is 0 Å². The van der Waals surface area contributed by atoms with Crippen LogP contribution < -0.4 is 14.8 Å². The van der Waals surface area contributed by atoms with Gasteiger partial charge in [0.15, 0.2) is 17.3 Å². The van der Waals surface area contributed by atoms with E-state index in [1.54, 1.807) is 7.11 Å². The minimum absolute atomic E-state index is 0.0346. The van der Waals surface area contributed by atoms with Gasteiger partial charge >= 0.3 is 5.97 Å². The number of methoxy groups -OCH3 is 1. The highest BCUT2D eigenvalue weighted by Crippen LogP contribution is 2.47. The van der Waals surface area contributed by atoms with E-state index in [4.69, 9.17) is 14.2 Å². The minimum Gasteiger partial charge on any atom is -0.493 e. The number of ketones is 1. The third kappa shape index (κ3) is 6.22. The summed E-state index contributed by atoms with van der Waals surface area (Å²) in [5, 5.41) is 3.43. The Hall–Kier alpha value is -4.32. The second kappa shape index (κ2) is 12.9. The third-order valence-corrected chi connectivity index (χ3v) is 7.81. The molecule has 0 fully saturated rings. The summed E-state index contributed by atoms with van der Waals surface area (Å²) in [6, 6.07) is 25.7. The van der Waals surface area contributed by atoms with E-state index in [-0.39, 0.29) is 11.7 Å². The highest BCUT2D eigenvalue weighted by Gasteiger charge is 2.41. The summed E-state index contributed by atoms with van der Waals surface area (Å²) >= 11 is 0. The molecular formula is C35H37NO5. The van der Waals surface area contributed by atoms with E-state index in [0.29, 0.717) is 54.4 Å². The lowest BCUT2D eigenvalue weighted by Crippen LogP contribution is -2.36. The Balaban J connectivity index is 1.52. The Labute approximate surface area is 242 Å². The standard InChI is InChI=1S/C35H37NO5/c1-4-5-18-40-35(38)32-23(2)36-28-19-27(25-14-10-7-11-15-25)20-29(37)34(28)33(32)26-16-17-30(31(21-26)39-3)41-22-24-12-8-6-9-13-24/h6-17,21,27,33,36H,4-5,18-20,22H2,1-3H3/t27-,33-/m1/s1. The lowest BCUT2D eigenvalue weighted by Gasteiger charge is -2.37. The maximum absolute atomic E-state index is 13.9. The van der Waals surface area contributed by atoms with Crippen molar-refractivity contribution in [2.45, 2.75) is 58.0 Å². The van der Waals surface area contributed by atoms with Crippen molar-refractivity contribution < 1.29 is 23.8 Å². The van der Waals surface area contributed by atoms with Crippen LogP contribution in [-0.4, -0.2) is 25.5 Å². The number of dihydropyridines is 1. The molecular weight excluding hydrogens is 514 g/mol. The molecule has 2 atom stereocenters. The maximum Gasteiger partial charge on any atom is 0.336 e. The molecule has 5 rings (SSSR count). The first-order valence-corrected chi connectivity index (χ1v) is 14.3. The number of rotatable bonds is 10. The summed E-state index contributed by atoms with van der Waals surface area (Å²) in [5.74, 6) is 0.274. The van der Waals surface area contributed by atoms with Crippen molar-refractivity contribution in [3.05, 3.63) is 118 Å². The molecule has 0 amide bonds. The molecule has 3 aromatic carbocycles. The first-order valence-electron chi connectivity index (χ1n) is 14.3. The molecule has 1 N–H and O–H groups in total. The monoisotopic (exact) mass is 551 g/mol. The van der Waals surface area contributed by atoms with Crippen LogP contribution in [0.25, 0.3) is 0 Å². The molecule has 0 unspecified atom stereocenters. The highest BCUT2D eigenvalue weighted by atomic mass is 16.5. The quantitative estimate of drug-likeness (QED) is 0.217. The van der Waals surface area contributed by atoms with Gasteiger partial charge in [0.25, 0.3) is 0 Å². The molecule has 0 aromatic heterocycles. The Bertz CT molecular complexity index is 1460. The number of nitrogens with one attached hydrogen (secondary N) is 1. The smallest absolute Gasteiger partial charge is 0.336 e. The number of benzene rings is 3. The predicted molar refractivity (Wildman–Crippen MR) is 159 cm³/mol. The molecule has 0 spiro atoms. The third-order valence-electron chi connectivity index (χ3n) is 7.81. The van der Waals surface area contributed by atoms with E-state index in [2.05, 4.69) is 24.4 Å². The largest absolute Gasteiger partial charge is 0.493 e. The lowest BCUT2D eigenvalue weighted by molar-refractivity contribution is -0.139. The second-order valence-corrected chi connectivity index (χ2v) is 10.6. The van der Waals surface area contributed by atoms with Gasteiger partial charge in [-0.3, -0.25) is 4.79 Å². The zero-order valence-corrected chi connectivity index (χ0v) is 23.9. The Morgan fingerprint density at radius 3 is 2.37 bits per heavy atom. The molecule has 1 aliphatic carbocycles. The Kier molecular flexibility index (Phi) is 8.88. The zero-order chi connectivity index (χ0) is 28.8. The van der Waals surface area contributed by atoms with Gasteiger partial charge < -0.3 is 19.5 Å². The van der Waals surface area contributed by atoms with Crippen molar-refractivity contribution in [1.82, 2.24) is 5.32 Å².